The highest BCUT2D eigenvalue weighted by Crippen LogP contribution is 2.15. The average molecular weight is 369 g/mol. The molecule has 2 rings (SSSR count). The van der Waals surface area contributed by atoms with Gasteiger partial charge in [0, 0.05) is 15.7 Å². The molecule has 19 heavy (non-hydrogen) atoms. The van der Waals surface area contributed by atoms with Gasteiger partial charge in [-0.1, -0.05) is 0 Å². The third kappa shape index (κ3) is 4.98. The molecule has 2 N–H and O–H groups in total. The summed E-state index contributed by atoms with van der Waals surface area (Å²) in [4.78, 5) is 0. The lowest BCUT2D eigenvalue weighted by Gasteiger charge is -2.08. The van der Waals surface area contributed by atoms with Crippen LogP contribution in [0.25, 0.3) is 0 Å². The van der Waals surface area contributed by atoms with E-state index in [4.69, 9.17) is 15.2 Å². The molecule has 2 aromatic carbocycles. The van der Waals surface area contributed by atoms with Gasteiger partial charge < -0.3 is 15.2 Å². The number of anilines is 1. The molecule has 0 saturated carbocycles. The Bertz CT molecular complexity index is 449. The van der Waals surface area contributed by atoms with Crippen molar-refractivity contribution in [1.29, 1.82) is 0 Å². The normalized spacial score (nSPS) is 10.2. The molecule has 0 radical (unpaired) electrons. The van der Waals surface area contributed by atoms with Gasteiger partial charge in [-0.3, -0.25) is 0 Å². The molecule has 3 nitrogen and oxygen atoms in total. The zero-order valence-electron chi connectivity index (χ0n) is 10.5. The van der Waals surface area contributed by atoms with E-state index < -0.39 is 0 Å². The summed E-state index contributed by atoms with van der Waals surface area (Å²) < 4.78 is 12.4. The van der Waals surface area contributed by atoms with Gasteiger partial charge in [0.2, 0.25) is 0 Å². The predicted molar refractivity (Wildman–Crippen MR) is 85.6 cm³/mol. The van der Waals surface area contributed by atoms with Gasteiger partial charge in [0.1, 0.15) is 11.5 Å². The third-order valence-corrected chi connectivity index (χ3v) is 3.24. The van der Waals surface area contributed by atoms with Crippen LogP contribution in [0.2, 0.25) is 0 Å². The Morgan fingerprint density at radius 3 is 1.79 bits per heavy atom. The molecular formula is C15H16INO2. The van der Waals surface area contributed by atoms with Crippen molar-refractivity contribution < 1.29 is 9.47 Å². The minimum absolute atomic E-state index is 0.633. The van der Waals surface area contributed by atoms with E-state index in [2.05, 4.69) is 22.6 Å². The Balaban J connectivity index is 1.64. The van der Waals surface area contributed by atoms with E-state index in [0.29, 0.717) is 13.2 Å². The largest absolute Gasteiger partial charge is 0.493 e. The van der Waals surface area contributed by atoms with Gasteiger partial charge in [-0.15, -0.1) is 0 Å². The van der Waals surface area contributed by atoms with Crippen molar-refractivity contribution in [3.8, 4) is 11.5 Å². The molecule has 0 unspecified atom stereocenters. The SMILES string of the molecule is Nc1ccc(OCCCOc2ccc(I)cc2)cc1. The smallest absolute Gasteiger partial charge is 0.119 e. The van der Waals surface area contributed by atoms with Crippen molar-refractivity contribution in [1.82, 2.24) is 0 Å². The topological polar surface area (TPSA) is 44.5 Å². The molecule has 0 amide bonds. The lowest BCUT2D eigenvalue weighted by molar-refractivity contribution is 0.247. The molecule has 0 fully saturated rings. The molecule has 2 aromatic rings. The molecule has 0 saturated heterocycles. The highest BCUT2D eigenvalue weighted by Gasteiger charge is 1.96. The van der Waals surface area contributed by atoms with Crippen LogP contribution >= 0.6 is 22.6 Å². The van der Waals surface area contributed by atoms with Gasteiger partial charge in [0.15, 0.2) is 0 Å². The van der Waals surface area contributed by atoms with Gasteiger partial charge in [-0.25, -0.2) is 0 Å². The molecular weight excluding hydrogens is 353 g/mol. The maximum atomic E-state index is 5.61. The lowest BCUT2D eigenvalue weighted by Crippen LogP contribution is -2.05. The van der Waals surface area contributed by atoms with Crippen LogP contribution in [0.4, 0.5) is 5.69 Å². The number of hydrogen-bond acceptors (Lipinski definition) is 3. The second-order valence-electron chi connectivity index (χ2n) is 4.07. The number of ether oxygens (including phenoxy) is 2. The Labute approximate surface area is 126 Å². The number of benzene rings is 2. The monoisotopic (exact) mass is 369 g/mol. The van der Waals surface area contributed by atoms with Crippen molar-refractivity contribution in [2.75, 3.05) is 18.9 Å². The standard InChI is InChI=1S/C15H16INO2/c16-12-2-6-14(7-3-12)18-10-1-11-19-15-8-4-13(17)5-9-15/h2-9H,1,10-11,17H2. The summed E-state index contributed by atoms with van der Waals surface area (Å²) in [7, 11) is 0. The molecule has 0 spiro atoms. The number of nitrogens with two attached hydrogens (primary N) is 1. The van der Waals surface area contributed by atoms with E-state index in [9.17, 15) is 0 Å². The fraction of sp³-hybridized carbons (Fsp3) is 0.200. The minimum Gasteiger partial charge on any atom is -0.493 e. The van der Waals surface area contributed by atoms with E-state index >= 15 is 0 Å². The average Bonchev–Trinajstić information content (AvgIpc) is 2.43. The zero-order valence-corrected chi connectivity index (χ0v) is 12.7. The van der Waals surface area contributed by atoms with Gasteiger partial charge in [0.05, 0.1) is 13.2 Å². The lowest BCUT2D eigenvalue weighted by atomic mass is 10.3. The van der Waals surface area contributed by atoms with Crippen molar-refractivity contribution in [2.45, 2.75) is 6.42 Å². The fourth-order valence-electron chi connectivity index (χ4n) is 1.53. The molecule has 100 valence electrons. The summed E-state index contributed by atoms with van der Waals surface area (Å²) in [5, 5.41) is 0. The molecule has 0 heterocycles. The Morgan fingerprint density at radius 1 is 0.789 bits per heavy atom. The fourth-order valence-corrected chi connectivity index (χ4v) is 1.89. The Hall–Kier alpha value is -1.43. The number of halogens is 1. The molecule has 0 atom stereocenters. The van der Waals surface area contributed by atoms with Crippen LogP contribution in [0.3, 0.4) is 0 Å². The van der Waals surface area contributed by atoms with Crippen molar-refractivity contribution in [3.63, 3.8) is 0 Å². The van der Waals surface area contributed by atoms with Crippen LogP contribution in [-0.2, 0) is 0 Å². The first-order chi connectivity index (χ1) is 9.24. The molecule has 0 aliphatic heterocycles. The van der Waals surface area contributed by atoms with Crippen LogP contribution in [0.5, 0.6) is 11.5 Å². The summed E-state index contributed by atoms with van der Waals surface area (Å²) in [6.45, 7) is 1.28. The van der Waals surface area contributed by atoms with Crippen molar-refractivity contribution in [2.24, 2.45) is 0 Å². The highest BCUT2D eigenvalue weighted by molar-refractivity contribution is 14.1. The number of rotatable bonds is 6. The number of nitrogen functional groups attached to an aromatic ring is 1. The summed E-state index contributed by atoms with van der Waals surface area (Å²) >= 11 is 2.27. The van der Waals surface area contributed by atoms with Gasteiger partial charge in [-0.05, 0) is 71.1 Å². The first-order valence-electron chi connectivity index (χ1n) is 6.11. The number of hydrogen-bond donors (Lipinski definition) is 1. The molecule has 0 aliphatic rings. The van der Waals surface area contributed by atoms with Crippen LogP contribution in [0.15, 0.2) is 48.5 Å². The maximum absolute atomic E-state index is 5.61. The van der Waals surface area contributed by atoms with E-state index in [1.165, 1.54) is 3.57 Å². The molecule has 0 aromatic heterocycles. The zero-order chi connectivity index (χ0) is 13.5. The minimum atomic E-state index is 0.633. The maximum Gasteiger partial charge on any atom is 0.119 e. The van der Waals surface area contributed by atoms with E-state index in [-0.39, 0.29) is 0 Å². The summed E-state index contributed by atoms with van der Waals surface area (Å²) in [6.07, 6.45) is 0.844. The quantitative estimate of drug-likeness (QED) is 0.480. The molecule has 0 aliphatic carbocycles. The van der Waals surface area contributed by atoms with E-state index in [1.807, 2.05) is 48.5 Å². The van der Waals surface area contributed by atoms with Crippen molar-refractivity contribution in [3.05, 3.63) is 52.1 Å². The third-order valence-electron chi connectivity index (χ3n) is 2.52. The van der Waals surface area contributed by atoms with Crippen LogP contribution in [0, 0.1) is 3.57 Å². The predicted octanol–water partition coefficient (Wildman–Crippen LogP) is 3.72. The van der Waals surface area contributed by atoms with Crippen LogP contribution < -0.4 is 15.2 Å². The molecule has 0 bridgehead atoms. The van der Waals surface area contributed by atoms with E-state index in [1.54, 1.807) is 0 Å². The van der Waals surface area contributed by atoms with E-state index in [0.717, 1.165) is 23.6 Å². The second kappa shape index (κ2) is 7.23. The van der Waals surface area contributed by atoms with Gasteiger partial charge in [0.25, 0.3) is 0 Å². The summed E-state index contributed by atoms with van der Waals surface area (Å²) in [6, 6.07) is 15.4. The summed E-state index contributed by atoms with van der Waals surface area (Å²) in [5.74, 6) is 1.73. The molecule has 4 heteroatoms. The first-order valence-corrected chi connectivity index (χ1v) is 7.18. The van der Waals surface area contributed by atoms with Crippen molar-refractivity contribution >= 4 is 28.3 Å². The van der Waals surface area contributed by atoms with Crippen LogP contribution in [0.1, 0.15) is 6.42 Å². The van der Waals surface area contributed by atoms with Crippen LogP contribution in [-0.4, -0.2) is 13.2 Å². The second-order valence-corrected chi connectivity index (χ2v) is 5.32. The summed E-state index contributed by atoms with van der Waals surface area (Å²) in [5.41, 5.74) is 6.35. The first kappa shape index (κ1) is 14.0. The Kier molecular flexibility index (Phi) is 5.32. The van der Waals surface area contributed by atoms with Gasteiger partial charge >= 0.3 is 0 Å². The Morgan fingerprint density at radius 2 is 1.26 bits per heavy atom. The highest BCUT2D eigenvalue weighted by atomic mass is 127. The van der Waals surface area contributed by atoms with Gasteiger partial charge in [-0.2, -0.15) is 0 Å².